The number of aromatic nitrogens is 3. The lowest BCUT2D eigenvalue weighted by molar-refractivity contribution is 0.0338. The normalized spacial score (nSPS) is 25.0. The van der Waals surface area contributed by atoms with Gasteiger partial charge in [0.2, 0.25) is 5.95 Å². The second kappa shape index (κ2) is 7.85. The van der Waals surface area contributed by atoms with Crippen molar-refractivity contribution in [3.05, 3.63) is 51.7 Å². The third-order valence-electron chi connectivity index (χ3n) is 6.39. The number of rotatable bonds is 4. The molecule has 0 aliphatic carbocycles. The van der Waals surface area contributed by atoms with Gasteiger partial charge < -0.3 is 15.0 Å². The van der Waals surface area contributed by atoms with Crippen LogP contribution >= 0.6 is 0 Å². The summed E-state index contributed by atoms with van der Waals surface area (Å²) < 4.78 is 7.48. The first kappa shape index (κ1) is 18.7. The SMILES string of the molecule is Nc1ncc(CN2C[C@@H]3C[C@H](C2)c2ccc(CN4CCOCC4)c(=O)n2C3)cn1. The van der Waals surface area contributed by atoms with E-state index in [0.717, 1.165) is 76.6 Å². The monoisotopic (exact) mass is 396 g/mol. The highest BCUT2D eigenvalue weighted by molar-refractivity contribution is 5.23. The molecule has 2 saturated heterocycles. The fraction of sp³-hybridized carbons (Fsp3) is 0.571. The van der Waals surface area contributed by atoms with Gasteiger partial charge in [-0.1, -0.05) is 6.07 Å². The summed E-state index contributed by atoms with van der Waals surface area (Å²) in [6.45, 7) is 7.64. The Morgan fingerprint density at radius 1 is 1.03 bits per heavy atom. The maximum absolute atomic E-state index is 13.2. The van der Waals surface area contributed by atoms with Crippen molar-refractivity contribution in [1.29, 1.82) is 0 Å². The molecule has 2 bridgehead atoms. The summed E-state index contributed by atoms with van der Waals surface area (Å²) in [5.41, 5.74) is 8.97. The van der Waals surface area contributed by atoms with Crippen molar-refractivity contribution in [3.63, 3.8) is 0 Å². The van der Waals surface area contributed by atoms with Gasteiger partial charge >= 0.3 is 0 Å². The van der Waals surface area contributed by atoms with Gasteiger partial charge in [-0.15, -0.1) is 0 Å². The number of pyridine rings is 1. The maximum atomic E-state index is 13.2. The summed E-state index contributed by atoms with van der Waals surface area (Å²) in [6, 6.07) is 4.24. The molecule has 154 valence electrons. The van der Waals surface area contributed by atoms with Crippen molar-refractivity contribution in [1.82, 2.24) is 24.3 Å². The van der Waals surface area contributed by atoms with Crippen LogP contribution in [-0.4, -0.2) is 63.7 Å². The van der Waals surface area contributed by atoms with Crippen molar-refractivity contribution >= 4 is 5.95 Å². The molecule has 0 saturated carbocycles. The third kappa shape index (κ3) is 3.92. The molecule has 5 rings (SSSR count). The standard InChI is InChI=1S/C21H28N6O2/c22-21-23-8-16(9-24-21)11-26-10-15-7-18(14-26)19-2-1-17(20(28)27(19)12-15)13-25-3-5-29-6-4-25/h1-2,8-9,15,18H,3-7,10-14H2,(H2,22,23,24)/t15-,18+/m0/s1. The van der Waals surface area contributed by atoms with Crippen LogP contribution in [0.1, 0.15) is 29.2 Å². The molecule has 0 amide bonds. The van der Waals surface area contributed by atoms with E-state index in [-0.39, 0.29) is 5.56 Å². The molecule has 0 unspecified atom stereocenters. The zero-order valence-electron chi connectivity index (χ0n) is 16.7. The van der Waals surface area contributed by atoms with Crippen LogP contribution in [0.5, 0.6) is 0 Å². The largest absolute Gasteiger partial charge is 0.379 e. The van der Waals surface area contributed by atoms with Crippen molar-refractivity contribution in [2.75, 3.05) is 45.1 Å². The Bertz CT molecular complexity index is 922. The number of nitrogen functional groups attached to an aromatic ring is 1. The third-order valence-corrected chi connectivity index (χ3v) is 6.39. The number of nitrogens with two attached hydrogens (primary N) is 1. The summed E-state index contributed by atoms with van der Waals surface area (Å²) in [6.07, 6.45) is 4.78. The van der Waals surface area contributed by atoms with E-state index >= 15 is 0 Å². The van der Waals surface area contributed by atoms with Crippen LogP contribution in [-0.2, 0) is 24.4 Å². The number of anilines is 1. The van der Waals surface area contributed by atoms with Gasteiger partial charge in [0.15, 0.2) is 0 Å². The highest BCUT2D eigenvalue weighted by Crippen LogP contribution is 2.35. The predicted octanol–water partition coefficient (Wildman–Crippen LogP) is 0.672. The zero-order valence-corrected chi connectivity index (χ0v) is 16.7. The molecule has 0 aromatic carbocycles. The molecule has 5 heterocycles. The Morgan fingerprint density at radius 2 is 1.83 bits per heavy atom. The van der Waals surface area contributed by atoms with Gasteiger partial charge in [0, 0.05) is 80.9 Å². The molecule has 3 aliphatic rings. The van der Waals surface area contributed by atoms with E-state index < -0.39 is 0 Å². The molecule has 8 heteroatoms. The topological polar surface area (TPSA) is 89.5 Å². The van der Waals surface area contributed by atoms with Gasteiger partial charge in [-0.2, -0.15) is 0 Å². The highest BCUT2D eigenvalue weighted by atomic mass is 16.5. The van der Waals surface area contributed by atoms with Gasteiger partial charge in [-0.3, -0.25) is 14.6 Å². The van der Waals surface area contributed by atoms with Crippen LogP contribution in [0.2, 0.25) is 0 Å². The number of hydrogen-bond acceptors (Lipinski definition) is 7. The van der Waals surface area contributed by atoms with Crippen LogP contribution in [0.4, 0.5) is 5.95 Å². The number of piperidine rings is 1. The number of hydrogen-bond donors (Lipinski definition) is 1. The van der Waals surface area contributed by atoms with Crippen LogP contribution in [0, 0.1) is 5.92 Å². The average Bonchev–Trinajstić information content (AvgIpc) is 2.73. The summed E-state index contributed by atoms with van der Waals surface area (Å²) in [7, 11) is 0. The van der Waals surface area contributed by atoms with Crippen LogP contribution < -0.4 is 11.3 Å². The molecule has 8 nitrogen and oxygen atoms in total. The van der Waals surface area contributed by atoms with Gasteiger partial charge in [-0.05, 0) is 18.4 Å². The molecule has 3 aliphatic heterocycles. The van der Waals surface area contributed by atoms with E-state index in [0.29, 0.717) is 17.8 Å². The van der Waals surface area contributed by atoms with E-state index in [1.165, 1.54) is 5.69 Å². The Balaban J connectivity index is 1.33. The molecular formula is C21H28N6O2. The second-order valence-corrected chi connectivity index (χ2v) is 8.53. The average molecular weight is 396 g/mol. The fourth-order valence-electron chi connectivity index (χ4n) is 5.04. The quantitative estimate of drug-likeness (QED) is 0.812. The molecule has 2 aromatic heterocycles. The lowest BCUT2D eigenvalue weighted by Gasteiger charge is -2.43. The van der Waals surface area contributed by atoms with Gasteiger partial charge in [-0.25, -0.2) is 9.97 Å². The van der Waals surface area contributed by atoms with Gasteiger partial charge in [0.05, 0.1) is 13.2 Å². The summed E-state index contributed by atoms with van der Waals surface area (Å²) >= 11 is 0. The first-order chi connectivity index (χ1) is 14.2. The lowest BCUT2D eigenvalue weighted by Crippen LogP contribution is -2.47. The Kier molecular flexibility index (Phi) is 5.07. The minimum absolute atomic E-state index is 0.198. The van der Waals surface area contributed by atoms with Crippen LogP contribution in [0.3, 0.4) is 0 Å². The van der Waals surface area contributed by atoms with Gasteiger partial charge in [0.1, 0.15) is 0 Å². The van der Waals surface area contributed by atoms with Crippen molar-refractivity contribution < 1.29 is 4.74 Å². The van der Waals surface area contributed by atoms with Crippen molar-refractivity contribution in [3.8, 4) is 0 Å². The minimum atomic E-state index is 0.198. The maximum Gasteiger partial charge on any atom is 0.255 e. The smallest absolute Gasteiger partial charge is 0.255 e. The minimum Gasteiger partial charge on any atom is -0.379 e. The summed E-state index contributed by atoms with van der Waals surface area (Å²) in [5, 5.41) is 0. The van der Waals surface area contributed by atoms with E-state index in [1.807, 2.05) is 12.4 Å². The van der Waals surface area contributed by atoms with E-state index in [1.54, 1.807) is 0 Å². The van der Waals surface area contributed by atoms with E-state index in [9.17, 15) is 4.79 Å². The van der Waals surface area contributed by atoms with Crippen LogP contribution in [0.25, 0.3) is 0 Å². The second-order valence-electron chi connectivity index (χ2n) is 8.53. The number of fused-ring (bicyclic) bond motifs is 4. The Morgan fingerprint density at radius 3 is 2.62 bits per heavy atom. The molecule has 29 heavy (non-hydrogen) atoms. The zero-order chi connectivity index (χ0) is 19.8. The summed E-state index contributed by atoms with van der Waals surface area (Å²) in [4.78, 5) is 26.2. The van der Waals surface area contributed by atoms with Gasteiger partial charge in [0.25, 0.3) is 5.56 Å². The van der Waals surface area contributed by atoms with Crippen molar-refractivity contribution in [2.24, 2.45) is 5.92 Å². The molecule has 0 radical (unpaired) electrons. The number of nitrogens with zero attached hydrogens (tertiary/aromatic N) is 5. The molecule has 2 aromatic rings. The molecular weight excluding hydrogens is 368 g/mol. The highest BCUT2D eigenvalue weighted by Gasteiger charge is 2.35. The number of ether oxygens (including phenoxy) is 1. The lowest BCUT2D eigenvalue weighted by atomic mass is 9.83. The molecule has 2 atom stereocenters. The molecule has 2 fully saturated rings. The van der Waals surface area contributed by atoms with Crippen molar-refractivity contribution in [2.45, 2.75) is 32.0 Å². The fourth-order valence-corrected chi connectivity index (χ4v) is 5.04. The predicted molar refractivity (Wildman–Crippen MR) is 109 cm³/mol. The van der Waals surface area contributed by atoms with E-state index in [2.05, 4.69) is 36.5 Å². The molecule has 2 N–H and O–H groups in total. The van der Waals surface area contributed by atoms with E-state index in [4.69, 9.17) is 10.5 Å². The Hall–Kier alpha value is -2.29. The number of likely N-dealkylation sites (tertiary alicyclic amines) is 1. The Labute approximate surface area is 170 Å². The number of morpholine rings is 1. The first-order valence-corrected chi connectivity index (χ1v) is 10.5. The summed E-state index contributed by atoms with van der Waals surface area (Å²) in [5.74, 6) is 1.22. The first-order valence-electron chi connectivity index (χ1n) is 10.5. The molecule has 0 spiro atoms. The van der Waals surface area contributed by atoms with Crippen LogP contribution in [0.15, 0.2) is 29.3 Å².